The first-order valence-electron chi connectivity index (χ1n) is 6.59. The number of hydrogen-bond donors (Lipinski definition) is 1. The van der Waals surface area contributed by atoms with E-state index in [-0.39, 0.29) is 5.91 Å². The van der Waals surface area contributed by atoms with E-state index in [1.165, 1.54) is 0 Å². The van der Waals surface area contributed by atoms with Gasteiger partial charge < -0.3 is 9.15 Å². The highest BCUT2D eigenvalue weighted by atomic mass is 16.5. The second kappa shape index (κ2) is 4.41. The molecule has 1 amide bonds. The van der Waals surface area contributed by atoms with Crippen LogP contribution in [0.25, 0.3) is 0 Å². The monoisotopic (exact) mass is 275 g/mol. The molecule has 2 aromatic rings. The summed E-state index contributed by atoms with van der Waals surface area (Å²) in [7, 11) is 0. The Bertz CT molecular complexity index is 658. The summed E-state index contributed by atoms with van der Waals surface area (Å²) in [5.74, 6) is 0.383. The highest BCUT2D eigenvalue weighted by Crippen LogP contribution is 2.35. The van der Waals surface area contributed by atoms with Gasteiger partial charge in [0, 0.05) is 17.5 Å². The summed E-state index contributed by atoms with van der Waals surface area (Å²) in [6.45, 7) is 1.10. The molecule has 20 heavy (non-hydrogen) atoms. The zero-order valence-electron chi connectivity index (χ0n) is 10.7. The molecule has 8 nitrogen and oxygen atoms in total. The van der Waals surface area contributed by atoms with Gasteiger partial charge >= 0.3 is 0 Å². The van der Waals surface area contributed by atoms with Gasteiger partial charge in [-0.05, 0) is 23.3 Å². The Morgan fingerprint density at radius 2 is 2.35 bits per heavy atom. The van der Waals surface area contributed by atoms with Gasteiger partial charge in [0.2, 0.25) is 5.95 Å². The number of aromatic nitrogens is 4. The Hall–Kier alpha value is -2.22. The molecule has 0 bridgehead atoms. The fraction of sp³-hybridized carbons (Fsp3) is 0.500. The molecule has 1 saturated carbocycles. The minimum absolute atomic E-state index is 0.305. The Kier molecular flexibility index (Phi) is 2.56. The molecule has 0 spiro atoms. The molecular formula is C12H13N5O3. The number of amides is 1. The number of carbonyl (C=O) groups is 1. The molecule has 1 N–H and O–H groups in total. The summed E-state index contributed by atoms with van der Waals surface area (Å²) < 4.78 is 12.3. The van der Waals surface area contributed by atoms with E-state index in [4.69, 9.17) is 9.15 Å². The minimum Gasteiger partial charge on any atom is -0.458 e. The average molecular weight is 275 g/mol. The van der Waals surface area contributed by atoms with E-state index >= 15 is 0 Å². The van der Waals surface area contributed by atoms with Gasteiger partial charge in [-0.3, -0.25) is 10.1 Å². The Labute approximate surface area is 114 Å². The van der Waals surface area contributed by atoms with Crippen molar-refractivity contribution >= 4 is 11.9 Å². The number of hydrogen-bond acceptors (Lipinski definition) is 6. The van der Waals surface area contributed by atoms with Gasteiger partial charge in [0.15, 0.2) is 5.76 Å². The standard InChI is InChI=1S/C12H13N5O3/c18-11(10-9-3-4-19-5-7(9)6-20-10)13-12-14-15-16-17(12)8-1-2-8/h6,8H,1-5H2,(H,13,14,16,18). The Morgan fingerprint density at radius 1 is 1.45 bits per heavy atom. The van der Waals surface area contributed by atoms with Crippen LogP contribution in [0.1, 0.15) is 40.6 Å². The van der Waals surface area contributed by atoms with E-state index in [9.17, 15) is 4.79 Å². The predicted octanol–water partition coefficient (Wildman–Crippen LogP) is 0.926. The second-order valence-electron chi connectivity index (χ2n) is 5.00. The summed E-state index contributed by atoms with van der Waals surface area (Å²) in [6.07, 6.45) is 4.35. The maximum atomic E-state index is 12.3. The lowest BCUT2D eigenvalue weighted by molar-refractivity contribution is 0.0987. The van der Waals surface area contributed by atoms with Gasteiger partial charge in [-0.25, -0.2) is 4.68 Å². The first kappa shape index (κ1) is 11.6. The third kappa shape index (κ3) is 1.88. The quantitative estimate of drug-likeness (QED) is 0.895. The number of nitrogens with zero attached hydrogens (tertiary/aromatic N) is 4. The molecule has 0 saturated heterocycles. The van der Waals surface area contributed by atoms with E-state index < -0.39 is 0 Å². The summed E-state index contributed by atoms with van der Waals surface area (Å²) in [6, 6.07) is 0.305. The van der Waals surface area contributed by atoms with E-state index in [0.717, 1.165) is 24.0 Å². The highest BCUT2D eigenvalue weighted by Gasteiger charge is 2.29. The van der Waals surface area contributed by atoms with Crippen LogP contribution in [0, 0.1) is 0 Å². The van der Waals surface area contributed by atoms with Crippen LogP contribution >= 0.6 is 0 Å². The third-order valence-corrected chi connectivity index (χ3v) is 3.55. The second-order valence-corrected chi connectivity index (χ2v) is 5.00. The van der Waals surface area contributed by atoms with Gasteiger partial charge in [-0.15, -0.1) is 0 Å². The number of anilines is 1. The van der Waals surface area contributed by atoms with Crippen LogP contribution in [0.2, 0.25) is 0 Å². The fourth-order valence-corrected chi connectivity index (χ4v) is 2.36. The molecule has 4 rings (SSSR count). The molecule has 8 heteroatoms. The van der Waals surface area contributed by atoms with Crippen LogP contribution in [-0.4, -0.2) is 32.7 Å². The first-order chi connectivity index (χ1) is 9.83. The number of carbonyl (C=O) groups excluding carboxylic acids is 1. The van der Waals surface area contributed by atoms with Crippen LogP contribution in [0.15, 0.2) is 10.7 Å². The smallest absolute Gasteiger partial charge is 0.294 e. The zero-order chi connectivity index (χ0) is 13.5. The topological polar surface area (TPSA) is 95.1 Å². The SMILES string of the molecule is O=C(Nc1nnnn1C1CC1)c1occ2c1CCOC2. The van der Waals surface area contributed by atoms with Crippen molar-refractivity contribution in [2.24, 2.45) is 0 Å². The summed E-state index contributed by atoms with van der Waals surface area (Å²) in [5.41, 5.74) is 1.85. The van der Waals surface area contributed by atoms with Crippen molar-refractivity contribution in [1.29, 1.82) is 0 Å². The molecule has 2 aromatic heterocycles. The van der Waals surface area contributed by atoms with Crippen molar-refractivity contribution in [1.82, 2.24) is 20.2 Å². The van der Waals surface area contributed by atoms with Crippen LogP contribution in [0.3, 0.4) is 0 Å². The largest absolute Gasteiger partial charge is 0.458 e. The zero-order valence-corrected chi connectivity index (χ0v) is 10.7. The van der Waals surface area contributed by atoms with Gasteiger partial charge in [-0.2, -0.15) is 0 Å². The lowest BCUT2D eigenvalue weighted by Gasteiger charge is -2.12. The van der Waals surface area contributed by atoms with Gasteiger partial charge in [0.25, 0.3) is 5.91 Å². The van der Waals surface area contributed by atoms with Crippen LogP contribution in [0.4, 0.5) is 5.95 Å². The normalized spacial score (nSPS) is 17.8. The summed E-state index contributed by atoms with van der Waals surface area (Å²) in [4.78, 5) is 12.3. The molecule has 0 atom stereocenters. The lowest BCUT2D eigenvalue weighted by atomic mass is 10.1. The van der Waals surface area contributed by atoms with Crippen molar-refractivity contribution in [3.05, 3.63) is 23.2 Å². The Balaban J connectivity index is 1.58. The number of fused-ring (bicyclic) bond motifs is 1. The average Bonchev–Trinajstić information content (AvgIpc) is 3.05. The van der Waals surface area contributed by atoms with Gasteiger partial charge in [0.1, 0.15) is 0 Å². The van der Waals surface area contributed by atoms with Crippen molar-refractivity contribution < 1.29 is 13.9 Å². The van der Waals surface area contributed by atoms with Crippen molar-refractivity contribution in [2.75, 3.05) is 11.9 Å². The first-order valence-corrected chi connectivity index (χ1v) is 6.59. The van der Waals surface area contributed by atoms with Crippen molar-refractivity contribution in [2.45, 2.75) is 31.9 Å². The van der Waals surface area contributed by atoms with Gasteiger partial charge in [0.05, 0.1) is 25.5 Å². The minimum atomic E-state index is -0.315. The van der Waals surface area contributed by atoms with Crippen molar-refractivity contribution in [3.8, 4) is 0 Å². The number of rotatable bonds is 3. The maximum absolute atomic E-state index is 12.3. The number of ether oxygens (including phenoxy) is 1. The molecule has 0 radical (unpaired) electrons. The molecule has 3 heterocycles. The molecular weight excluding hydrogens is 262 g/mol. The fourth-order valence-electron chi connectivity index (χ4n) is 2.36. The van der Waals surface area contributed by atoms with E-state index in [1.54, 1.807) is 10.9 Å². The molecule has 0 aromatic carbocycles. The van der Waals surface area contributed by atoms with Crippen molar-refractivity contribution in [3.63, 3.8) is 0 Å². The van der Waals surface area contributed by atoms with E-state index in [1.807, 2.05) is 0 Å². The van der Waals surface area contributed by atoms with E-state index in [2.05, 4.69) is 20.8 Å². The third-order valence-electron chi connectivity index (χ3n) is 3.55. The molecule has 1 fully saturated rings. The number of furan rings is 1. The summed E-state index contributed by atoms with van der Waals surface area (Å²) >= 11 is 0. The van der Waals surface area contributed by atoms with Crippen LogP contribution < -0.4 is 5.32 Å². The molecule has 1 aliphatic heterocycles. The molecule has 104 valence electrons. The number of nitrogens with one attached hydrogen (secondary N) is 1. The predicted molar refractivity (Wildman–Crippen MR) is 66.1 cm³/mol. The van der Waals surface area contributed by atoms with Crippen LogP contribution in [0.5, 0.6) is 0 Å². The van der Waals surface area contributed by atoms with Crippen LogP contribution in [-0.2, 0) is 17.8 Å². The highest BCUT2D eigenvalue weighted by molar-refractivity contribution is 6.02. The number of tetrazole rings is 1. The molecule has 0 unspecified atom stereocenters. The molecule has 2 aliphatic rings. The summed E-state index contributed by atoms with van der Waals surface area (Å²) in [5, 5.41) is 14.1. The maximum Gasteiger partial charge on any atom is 0.294 e. The Morgan fingerprint density at radius 3 is 3.20 bits per heavy atom. The lowest BCUT2D eigenvalue weighted by Crippen LogP contribution is -2.19. The van der Waals surface area contributed by atoms with E-state index in [0.29, 0.717) is 37.4 Å². The van der Waals surface area contributed by atoms with Gasteiger partial charge in [-0.1, -0.05) is 5.10 Å². The molecule has 1 aliphatic carbocycles.